The number of hydrogen-bond donors (Lipinski definition) is 1. The molecule has 0 radical (unpaired) electrons. The molecular weight excluding hydrogens is 289 g/mol. The quantitative estimate of drug-likeness (QED) is 0.832. The van der Waals surface area contributed by atoms with E-state index in [0.717, 1.165) is 6.42 Å². The summed E-state index contributed by atoms with van der Waals surface area (Å²) < 4.78 is 0. The normalized spacial score (nSPS) is 27.7. The van der Waals surface area contributed by atoms with E-state index in [-0.39, 0.29) is 17.8 Å². The zero-order chi connectivity index (χ0) is 12.5. The number of hydrogen-bond acceptors (Lipinski definition) is 1. The Kier molecular flexibility index (Phi) is 5.79. The van der Waals surface area contributed by atoms with Crippen molar-refractivity contribution in [2.75, 3.05) is 6.54 Å². The van der Waals surface area contributed by atoms with Gasteiger partial charge in [-0.05, 0) is 36.5 Å². The van der Waals surface area contributed by atoms with Gasteiger partial charge < -0.3 is 5.73 Å². The Labute approximate surface area is 125 Å². The highest BCUT2D eigenvalue weighted by atomic mass is 35.5. The Morgan fingerprint density at radius 3 is 2.56 bits per heavy atom. The standard InChI is InChI=1S/C14H19Cl2N.ClH/c1-10-4-2-3-7-14(10,9-17)11-5-6-12(15)13(16)8-11;/h5-6,8,10H,2-4,7,9,17H2,1H3;1H. The van der Waals surface area contributed by atoms with Crippen LogP contribution in [-0.4, -0.2) is 6.54 Å². The minimum atomic E-state index is 0. The number of nitrogens with two attached hydrogens (primary N) is 1. The van der Waals surface area contributed by atoms with Crippen LogP contribution in [0.3, 0.4) is 0 Å². The van der Waals surface area contributed by atoms with Crippen molar-refractivity contribution in [2.45, 2.75) is 38.0 Å². The van der Waals surface area contributed by atoms with Gasteiger partial charge in [0.15, 0.2) is 0 Å². The maximum Gasteiger partial charge on any atom is 0.0595 e. The monoisotopic (exact) mass is 307 g/mol. The van der Waals surface area contributed by atoms with Gasteiger partial charge in [0.1, 0.15) is 0 Å². The predicted molar refractivity (Wildman–Crippen MR) is 82.1 cm³/mol. The van der Waals surface area contributed by atoms with Crippen molar-refractivity contribution in [3.63, 3.8) is 0 Å². The molecule has 2 N–H and O–H groups in total. The molecule has 1 fully saturated rings. The van der Waals surface area contributed by atoms with Crippen LogP contribution in [0, 0.1) is 5.92 Å². The second-order valence-electron chi connectivity index (χ2n) is 5.14. The molecule has 2 rings (SSSR count). The van der Waals surface area contributed by atoms with Crippen LogP contribution in [0.25, 0.3) is 0 Å². The van der Waals surface area contributed by atoms with E-state index in [0.29, 0.717) is 22.5 Å². The molecule has 0 aromatic heterocycles. The molecule has 18 heavy (non-hydrogen) atoms. The first-order chi connectivity index (χ1) is 8.10. The molecule has 0 spiro atoms. The second kappa shape index (κ2) is 6.47. The van der Waals surface area contributed by atoms with Crippen LogP contribution in [-0.2, 0) is 5.41 Å². The molecule has 1 aromatic rings. The highest BCUT2D eigenvalue weighted by Gasteiger charge is 2.38. The maximum absolute atomic E-state index is 6.13. The van der Waals surface area contributed by atoms with Crippen molar-refractivity contribution in [3.8, 4) is 0 Å². The molecule has 102 valence electrons. The van der Waals surface area contributed by atoms with Crippen LogP contribution in [0.2, 0.25) is 10.0 Å². The summed E-state index contributed by atoms with van der Waals surface area (Å²) in [5.74, 6) is 0.610. The Balaban J connectivity index is 0.00000162. The molecule has 1 aliphatic carbocycles. The third-order valence-corrected chi connectivity index (χ3v) is 5.05. The van der Waals surface area contributed by atoms with Gasteiger partial charge in [-0.3, -0.25) is 0 Å². The van der Waals surface area contributed by atoms with E-state index in [4.69, 9.17) is 28.9 Å². The zero-order valence-corrected chi connectivity index (χ0v) is 12.9. The van der Waals surface area contributed by atoms with Crippen molar-refractivity contribution >= 4 is 35.6 Å². The van der Waals surface area contributed by atoms with Crippen molar-refractivity contribution in [3.05, 3.63) is 33.8 Å². The average Bonchev–Trinajstić information content (AvgIpc) is 2.34. The van der Waals surface area contributed by atoms with Gasteiger partial charge in [0.2, 0.25) is 0 Å². The van der Waals surface area contributed by atoms with Gasteiger partial charge >= 0.3 is 0 Å². The average molecular weight is 309 g/mol. The molecule has 0 heterocycles. The van der Waals surface area contributed by atoms with Gasteiger partial charge in [0, 0.05) is 12.0 Å². The summed E-state index contributed by atoms with van der Waals surface area (Å²) in [6.07, 6.45) is 4.96. The smallest absolute Gasteiger partial charge is 0.0595 e. The fourth-order valence-electron chi connectivity index (χ4n) is 3.07. The zero-order valence-electron chi connectivity index (χ0n) is 10.6. The Bertz CT molecular complexity index is 408. The second-order valence-corrected chi connectivity index (χ2v) is 5.95. The summed E-state index contributed by atoms with van der Waals surface area (Å²) in [4.78, 5) is 0. The number of halogens is 3. The number of benzene rings is 1. The summed E-state index contributed by atoms with van der Waals surface area (Å²) >= 11 is 12.1. The molecule has 0 bridgehead atoms. The van der Waals surface area contributed by atoms with Crippen LogP contribution in [0.1, 0.15) is 38.2 Å². The van der Waals surface area contributed by atoms with E-state index in [1.54, 1.807) is 0 Å². The minimum absolute atomic E-state index is 0. The van der Waals surface area contributed by atoms with Crippen molar-refractivity contribution in [2.24, 2.45) is 11.7 Å². The van der Waals surface area contributed by atoms with Gasteiger partial charge in [-0.2, -0.15) is 0 Å². The summed E-state index contributed by atoms with van der Waals surface area (Å²) in [6, 6.07) is 5.97. The highest BCUT2D eigenvalue weighted by Crippen LogP contribution is 2.44. The third kappa shape index (κ3) is 2.80. The summed E-state index contributed by atoms with van der Waals surface area (Å²) in [6.45, 7) is 2.99. The maximum atomic E-state index is 6.13. The molecule has 0 aliphatic heterocycles. The summed E-state index contributed by atoms with van der Waals surface area (Å²) in [5, 5.41) is 1.25. The molecule has 0 saturated heterocycles. The fraction of sp³-hybridized carbons (Fsp3) is 0.571. The fourth-order valence-corrected chi connectivity index (χ4v) is 3.37. The predicted octanol–water partition coefficient (Wildman–Crippen LogP) is 4.82. The first kappa shape index (κ1) is 16.1. The molecule has 2 atom stereocenters. The third-order valence-electron chi connectivity index (χ3n) is 4.31. The lowest BCUT2D eigenvalue weighted by molar-refractivity contribution is 0.207. The van der Waals surface area contributed by atoms with E-state index in [2.05, 4.69) is 13.0 Å². The summed E-state index contributed by atoms with van der Waals surface area (Å²) in [7, 11) is 0. The molecule has 2 unspecified atom stereocenters. The lowest BCUT2D eigenvalue weighted by Crippen LogP contribution is -2.43. The lowest BCUT2D eigenvalue weighted by atomic mass is 9.63. The molecule has 1 aliphatic rings. The van der Waals surface area contributed by atoms with Crippen LogP contribution in [0.5, 0.6) is 0 Å². The van der Waals surface area contributed by atoms with Gasteiger partial charge in [-0.15, -0.1) is 12.4 Å². The Morgan fingerprint density at radius 1 is 1.28 bits per heavy atom. The molecule has 1 nitrogen and oxygen atoms in total. The van der Waals surface area contributed by atoms with E-state index in [1.807, 2.05) is 12.1 Å². The van der Waals surface area contributed by atoms with Crippen molar-refractivity contribution in [1.29, 1.82) is 0 Å². The molecule has 1 saturated carbocycles. The first-order valence-corrected chi connectivity index (χ1v) is 7.01. The van der Waals surface area contributed by atoms with E-state index >= 15 is 0 Å². The summed E-state index contributed by atoms with van der Waals surface area (Å²) in [5.41, 5.74) is 7.41. The van der Waals surface area contributed by atoms with Crippen LogP contribution in [0.15, 0.2) is 18.2 Å². The van der Waals surface area contributed by atoms with Crippen LogP contribution in [0.4, 0.5) is 0 Å². The van der Waals surface area contributed by atoms with Crippen LogP contribution >= 0.6 is 35.6 Å². The lowest BCUT2D eigenvalue weighted by Gasteiger charge is -2.42. The Hall–Kier alpha value is 0.0500. The first-order valence-electron chi connectivity index (χ1n) is 6.26. The van der Waals surface area contributed by atoms with Crippen molar-refractivity contribution in [1.82, 2.24) is 0 Å². The highest BCUT2D eigenvalue weighted by molar-refractivity contribution is 6.42. The van der Waals surface area contributed by atoms with E-state index in [1.165, 1.54) is 24.8 Å². The molecule has 1 aromatic carbocycles. The van der Waals surface area contributed by atoms with Gasteiger partial charge in [0.05, 0.1) is 10.0 Å². The Morgan fingerprint density at radius 2 is 2.00 bits per heavy atom. The van der Waals surface area contributed by atoms with Gasteiger partial charge in [-0.25, -0.2) is 0 Å². The van der Waals surface area contributed by atoms with E-state index < -0.39 is 0 Å². The molecule has 4 heteroatoms. The largest absolute Gasteiger partial charge is 0.330 e. The van der Waals surface area contributed by atoms with E-state index in [9.17, 15) is 0 Å². The molecule has 0 amide bonds. The van der Waals surface area contributed by atoms with Crippen LogP contribution < -0.4 is 5.73 Å². The topological polar surface area (TPSA) is 26.0 Å². The minimum Gasteiger partial charge on any atom is -0.330 e. The van der Waals surface area contributed by atoms with Gasteiger partial charge in [-0.1, -0.05) is 49.0 Å². The number of rotatable bonds is 2. The SMILES string of the molecule is CC1CCCCC1(CN)c1ccc(Cl)c(Cl)c1.Cl. The van der Waals surface area contributed by atoms with Crippen molar-refractivity contribution < 1.29 is 0 Å². The molecular formula is C14H20Cl3N. The van der Waals surface area contributed by atoms with Gasteiger partial charge in [0.25, 0.3) is 0 Å².